The lowest BCUT2D eigenvalue weighted by Crippen LogP contribution is -2.39. The number of aliphatic hydroxyl groups is 1. The average Bonchev–Trinajstić information content (AvgIpc) is 3.22. The number of anilines is 1. The summed E-state index contributed by atoms with van der Waals surface area (Å²) in [5, 5.41) is 28.2. The Kier molecular flexibility index (Phi) is 6.70. The van der Waals surface area contributed by atoms with Gasteiger partial charge in [0.1, 0.15) is 11.3 Å². The van der Waals surface area contributed by atoms with E-state index >= 15 is 0 Å². The third kappa shape index (κ3) is 5.08. The Balaban J connectivity index is 1.34. The molecule has 2 aliphatic heterocycles. The van der Waals surface area contributed by atoms with Crippen LogP contribution >= 0.6 is 0 Å². The smallest absolute Gasteiger partial charge is 0.451 e. The van der Waals surface area contributed by atoms with Crippen molar-refractivity contribution in [1.29, 1.82) is 0 Å². The van der Waals surface area contributed by atoms with Crippen LogP contribution in [-0.2, 0) is 23.9 Å². The monoisotopic (exact) mass is 510 g/mol. The third-order valence-corrected chi connectivity index (χ3v) is 6.44. The number of halogens is 4. The molecule has 5 rings (SSSR count). The highest BCUT2D eigenvalue weighted by Gasteiger charge is 2.37. The maximum absolute atomic E-state index is 13.6. The molecule has 0 bridgehead atoms. The van der Waals surface area contributed by atoms with E-state index in [-0.39, 0.29) is 35.8 Å². The van der Waals surface area contributed by atoms with E-state index in [1.165, 1.54) is 16.8 Å². The molecule has 0 aliphatic carbocycles. The van der Waals surface area contributed by atoms with E-state index in [2.05, 4.69) is 20.4 Å². The van der Waals surface area contributed by atoms with Crippen LogP contribution in [0.5, 0.6) is 5.88 Å². The number of aliphatic hydroxyl groups excluding tert-OH is 1. The standard InChI is InChI=1S/C23H26F4N6O3/c24-15-5-4-13-6-7-32(11-14(13)9-15)12-16(34)10-28-20-18-19(21(35)30-22(29-18)23(25,26)27)33(31-20)17-3-1-2-8-36-17/h4-5,9,16-17,34H,1-3,6-8,10-12H2,(H,28,31)(H,29,30,35)/t16-,17?/m0/s1. The second kappa shape index (κ2) is 9.79. The van der Waals surface area contributed by atoms with Gasteiger partial charge in [0.15, 0.2) is 17.6 Å². The molecule has 36 heavy (non-hydrogen) atoms. The van der Waals surface area contributed by atoms with Gasteiger partial charge in [-0.1, -0.05) is 6.07 Å². The minimum Gasteiger partial charge on any atom is -0.492 e. The minimum absolute atomic E-state index is 0.0208. The predicted molar refractivity (Wildman–Crippen MR) is 121 cm³/mol. The molecular weight excluding hydrogens is 484 g/mol. The third-order valence-electron chi connectivity index (χ3n) is 6.44. The number of nitrogens with zero attached hydrogens (tertiary/aromatic N) is 5. The number of aromatic nitrogens is 4. The van der Waals surface area contributed by atoms with E-state index in [9.17, 15) is 27.8 Å². The van der Waals surface area contributed by atoms with Crippen LogP contribution in [0.3, 0.4) is 0 Å². The molecule has 0 saturated carbocycles. The van der Waals surface area contributed by atoms with Crippen LogP contribution < -0.4 is 5.32 Å². The number of β-amino-alcohol motifs (C(OH)–C–C–N with tert-alkyl or cyclic N) is 1. The molecule has 0 spiro atoms. The molecule has 1 unspecified atom stereocenters. The van der Waals surface area contributed by atoms with E-state index in [1.807, 2.05) is 4.90 Å². The van der Waals surface area contributed by atoms with Crippen LogP contribution in [0.25, 0.3) is 11.0 Å². The summed E-state index contributed by atoms with van der Waals surface area (Å²) in [5.74, 6) is -2.67. The summed E-state index contributed by atoms with van der Waals surface area (Å²) in [5.41, 5.74) is 1.66. The molecule has 2 atom stereocenters. The lowest BCUT2D eigenvalue weighted by Gasteiger charge is -2.30. The summed E-state index contributed by atoms with van der Waals surface area (Å²) in [6, 6.07) is 4.69. The summed E-state index contributed by atoms with van der Waals surface area (Å²) < 4.78 is 60.5. The van der Waals surface area contributed by atoms with Gasteiger partial charge in [-0.3, -0.25) is 4.90 Å². The van der Waals surface area contributed by atoms with Gasteiger partial charge < -0.3 is 20.3 Å². The molecule has 0 amide bonds. The predicted octanol–water partition coefficient (Wildman–Crippen LogP) is 3.22. The van der Waals surface area contributed by atoms with Crippen molar-refractivity contribution < 1.29 is 32.5 Å². The Hall–Kier alpha value is -3.03. The highest BCUT2D eigenvalue weighted by molar-refractivity contribution is 5.89. The van der Waals surface area contributed by atoms with Crippen LogP contribution in [0.4, 0.5) is 23.4 Å². The number of alkyl halides is 3. The van der Waals surface area contributed by atoms with Crippen molar-refractivity contribution in [2.45, 2.75) is 50.7 Å². The van der Waals surface area contributed by atoms with Crippen LogP contribution in [0.1, 0.15) is 42.4 Å². The van der Waals surface area contributed by atoms with Crippen molar-refractivity contribution in [2.75, 3.05) is 31.6 Å². The van der Waals surface area contributed by atoms with Gasteiger partial charge in [-0.15, -0.1) is 5.10 Å². The molecule has 1 saturated heterocycles. The van der Waals surface area contributed by atoms with Crippen LogP contribution in [0.2, 0.25) is 0 Å². The molecule has 4 heterocycles. The highest BCUT2D eigenvalue weighted by Crippen LogP contribution is 2.36. The van der Waals surface area contributed by atoms with E-state index in [0.717, 1.165) is 30.4 Å². The molecule has 1 aromatic carbocycles. The molecular formula is C23H26F4N6O3. The first kappa shape index (κ1) is 24.7. The van der Waals surface area contributed by atoms with Crippen molar-refractivity contribution in [1.82, 2.24) is 24.6 Å². The van der Waals surface area contributed by atoms with Crippen LogP contribution in [0, 0.1) is 5.82 Å². The number of hydrogen-bond donors (Lipinski definition) is 3. The molecule has 2 aromatic heterocycles. The van der Waals surface area contributed by atoms with E-state index in [1.54, 1.807) is 6.07 Å². The summed E-state index contributed by atoms with van der Waals surface area (Å²) in [7, 11) is 0. The number of hydrogen-bond acceptors (Lipinski definition) is 8. The number of aromatic hydroxyl groups is 1. The van der Waals surface area contributed by atoms with Gasteiger partial charge in [-0.25, -0.2) is 14.1 Å². The Morgan fingerprint density at radius 3 is 2.78 bits per heavy atom. The van der Waals surface area contributed by atoms with Gasteiger partial charge >= 0.3 is 6.18 Å². The van der Waals surface area contributed by atoms with Crippen LogP contribution in [-0.4, -0.2) is 67.2 Å². The Labute approximate surface area is 203 Å². The molecule has 2 aliphatic rings. The number of fused-ring (bicyclic) bond motifs is 2. The molecule has 1 fully saturated rings. The van der Waals surface area contributed by atoms with Gasteiger partial charge in [0, 0.05) is 32.8 Å². The first-order chi connectivity index (χ1) is 17.2. The molecule has 13 heteroatoms. The second-order valence-corrected chi connectivity index (χ2v) is 9.11. The average molecular weight is 510 g/mol. The SMILES string of the molecule is Oc1nc(C(F)(F)F)nc2c(NC[C@H](O)CN3CCc4ccc(F)cc4C3)nn(C3CCCCO3)c12. The fraction of sp³-hybridized carbons (Fsp3) is 0.522. The first-order valence-electron chi connectivity index (χ1n) is 11.8. The topological polar surface area (TPSA) is 109 Å². The highest BCUT2D eigenvalue weighted by atomic mass is 19.4. The van der Waals surface area contributed by atoms with Crippen molar-refractivity contribution in [2.24, 2.45) is 0 Å². The zero-order valence-corrected chi connectivity index (χ0v) is 19.3. The van der Waals surface area contributed by atoms with Gasteiger partial charge in [0.2, 0.25) is 11.7 Å². The Morgan fingerprint density at radius 2 is 2.03 bits per heavy atom. The Morgan fingerprint density at radius 1 is 1.19 bits per heavy atom. The lowest BCUT2D eigenvalue weighted by molar-refractivity contribution is -0.145. The maximum Gasteiger partial charge on any atom is 0.451 e. The van der Waals surface area contributed by atoms with Gasteiger partial charge in [0.25, 0.3) is 0 Å². The summed E-state index contributed by atoms with van der Waals surface area (Å²) in [6.45, 7) is 1.86. The summed E-state index contributed by atoms with van der Waals surface area (Å²) in [4.78, 5) is 8.84. The summed E-state index contributed by atoms with van der Waals surface area (Å²) >= 11 is 0. The Bertz CT molecular complexity index is 1240. The quantitative estimate of drug-likeness (QED) is 0.434. The zero-order valence-electron chi connectivity index (χ0n) is 19.3. The van der Waals surface area contributed by atoms with E-state index < -0.39 is 30.2 Å². The normalized spacial score (nSPS) is 19.9. The van der Waals surface area contributed by atoms with Crippen molar-refractivity contribution in [3.05, 3.63) is 41.0 Å². The largest absolute Gasteiger partial charge is 0.492 e. The number of nitrogens with one attached hydrogen (secondary N) is 1. The molecule has 9 nitrogen and oxygen atoms in total. The van der Waals surface area contributed by atoms with Crippen molar-refractivity contribution in [3.63, 3.8) is 0 Å². The van der Waals surface area contributed by atoms with E-state index in [4.69, 9.17) is 4.74 Å². The lowest BCUT2D eigenvalue weighted by atomic mass is 9.99. The number of rotatable bonds is 6. The fourth-order valence-corrected chi connectivity index (χ4v) is 4.71. The van der Waals surface area contributed by atoms with E-state index in [0.29, 0.717) is 26.1 Å². The van der Waals surface area contributed by atoms with Gasteiger partial charge in [-0.05, 0) is 48.9 Å². The molecule has 3 aromatic rings. The number of ether oxygens (including phenoxy) is 1. The van der Waals surface area contributed by atoms with Crippen molar-refractivity contribution in [3.8, 4) is 5.88 Å². The minimum atomic E-state index is -4.87. The number of benzene rings is 1. The van der Waals surface area contributed by atoms with Gasteiger partial charge in [0.05, 0.1) is 6.10 Å². The first-order valence-corrected chi connectivity index (χ1v) is 11.8. The molecule has 0 radical (unpaired) electrons. The summed E-state index contributed by atoms with van der Waals surface area (Å²) in [6.07, 6.45) is -3.38. The zero-order chi connectivity index (χ0) is 25.4. The second-order valence-electron chi connectivity index (χ2n) is 9.11. The van der Waals surface area contributed by atoms with Crippen molar-refractivity contribution >= 4 is 16.9 Å². The maximum atomic E-state index is 13.6. The fourth-order valence-electron chi connectivity index (χ4n) is 4.71. The molecule has 194 valence electrons. The van der Waals surface area contributed by atoms with Gasteiger partial charge in [-0.2, -0.15) is 18.2 Å². The van der Waals surface area contributed by atoms with Crippen LogP contribution in [0.15, 0.2) is 18.2 Å². The molecule has 3 N–H and O–H groups in total.